The van der Waals surface area contributed by atoms with Crippen molar-refractivity contribution in [2.75, 3.05) is 26.3 Å². The third-order valence-corrected chi connectivity index (χ3v) is 5.51. The summed E-state index contributed by atoms with van der Waals surface area (Å²) in [7, 11) is 0. The quantitative estimate of drug-likeness (QED) is 0.556. The Morgan fingerprint density at radius 3 is 2.21 bits per heavy atom. The number of aromatic nitrogens is 3. The molecule has 12 heteroatoms. The molecule has 1 aliphatic rings. The molecule has 0 atom stereocenters. The Hall–Kier alpha value is -3.44. The molecule has 3 aromatic rings. The van der Waals surface area contributed by atoms with Gasteiger partial charge in [0.1, 0.15) is 0 Å². The average Bonchev–Trinajstić information content (AvgIpc) is 2.82. The van der Waals surface area contributed by atoms with E-state index >= 15 is 0 Å². The Balaban J connectivity index is 1.81. The van der Waals surface area contributed by atoms with Crippen LogP contribution in [0.25, 0.3) is 5.69 Å². The highest BCUT2D eigenvalue weighted by molar-refractivity contribution is 6.30. The summed E-state index contributed by atoms with van der Waals surface area (Å²) < 4.78 is 45.6. The van der Waals surface area contributed by atoms with Crippen LogP contribution in [0.15, 0.2) is 58.1 Å². The molecule has 34 heavy (non-hydrogen) atoms. The number of morpholine rings is 1. The molecular weight excluding hydrogens is 477 g/mol. The highest BCUT2D eigenvalue weighted by Crippen LogP contribution is 2.29. The second-order valence-corrected chi connectivity index (χ2v) is 7.95. The van der Waals surface area contributed by atoms with Crippen molar-refractivity contribution in [1.82, 2.24) is 19.2 Å². The fourth-order valence-corrected chi connectivity index (χ4v) is 3.56. The fourth-order valence-electron chi connectivity index (χ4n) is 3.44. The van der Waals surface area contributed by atoms with E-state index in [1.54, 1.807) is 0 Å². The van der Waals surface area contributed by atoms with Crippen molar-refractivity contribution in [2.45, 2.75) is 12.7 Å². The number of ether oxygens (including phenoxy) is 1. The molecule has 4 rings (SSSR count). The van der Waals surface area contributed by atoms with Crippen molar-refractivity contribution in [2.24, 2.45) is 0 Å². The lowest BCUT2D eigenvalue weighted by Crippen LogP contribution is -2.48. The number of hydrogen-bond acceptors (Lipinski definition) is 5. The Labute approximate surface area is 195 Å². The predicted molar refractivity (Wildman–Crippen MR) is 116 cm³/mol. The van der Waals surface area contributed by atoms with Crippen LogP contribution in [0.5, 0.6) is 0 Å². The molecule has 0 radical (unpaired) electrons. The molecule has 0 aliphatic carbocycles. The van der Waals surface area contributed by atoms with Gasteiger partial charge in [0, 0.05) is 18.1 Å². The first-order valence-electron chi connectivity index (χ1n) is 10.2. The zero-order valence-electron chi connectivity index (χ0n) is 17.6. The van der Waals surface area contributed by atoms with Gasteiger partial charge in [-0.05, 0) is 42.0 Å². The summed E-state index contributed by atoms with van der Waals surface area (Å²) in [5, 5.41) is 4.44. The molecule has 0 unspecified atom stereocenters. The van der Waals surface area contributed by atoms with Crippen LogP contribution in [0.4, 0.5) is 13.2 Å². The van der Waals surface area contributed by atoms with Gasteiger partial charge in [-0.25, -0.2) is 4.79 Å². The molecule has 2 aromatic carbocycles. The second kappa shape index (κ2) is 9.43. The summed E-state index contributed by atoms with van der Waals surface area (Å²) in [6.45, 7) is 0.734. The lowest BCUT2D eigenvalue weighted by molar-refractivity contribution is -0.137. The van der Waals surface area contributed by atoms with Crippen molar-refractivity contribution in [3.63, 3.8) is 0 Å². The zero-order valence-corrected chi connectivity index (χ0v) is 18.3. The SMILES string of the molecule is O=C(c1nn(-c2ccc(Cl)cc2)c(=O)n(Cc2ccc(C(F)(F)F)cc2)c1=O)N1CCOCC1. The maximum Gasteiger partial charge on any atom is 0.416 e. The van der Waals surface area contributed by atoms with Crippen LogP contribution in [0.1, 0.15) is 21.6 Å². The van der Waals surface area contributed by atoms with E-state index in [9.17, 15) is 27.6 Å². The first kappa shape index (κ1) is 23.7. The van der Waals surface area contributed by atoms with Gasteiger partial charge in [-0.3, -0.25) is 14.2 Å². The average molecular weight is 495 g/mol. The minimum atomic E-state index is -4.52. The minimum Gasteiger partial charge on any atom is -0.378 e. The monoisotopic (exact) mass is 494 g/mol. The first-order valence-corrected chi connectivity index (χ1v) is 10.6. The van der Waals surface area contributed by atoms with Crippen LogP contribution in [0, 0.1) is 0 Å². The molecule has 1 aliphatic heterocycles. The number of carbonyl (C=O) groups is 1. The Morgan fingerprint density at radius 1 is 1.00 bits per heavy atom. The van der Waals surface area contributed by atoms with Gasteiger partial charge in [0.2, 0.25) is 5.69 Å². The van der Waals surface area contributed by atoms with Crippen LogP contribution < -0.4 is 11.2 Å². The highest BCUT2D eigenvalue weighted by atomic mass is 35.5. The second-order valence-electron chi connectivity index (χ2n) is 7.51. The van der Waals surface area contributed by atoms with Crippen LogP contribution in [-0.4, -0.2) is 51.5 Å². The maximum absolute atomic E-state index is 13.2. The smallest absolute Gasteiger partial charge is 0.378 e. The minimum absolute atomic E-state index is 0.249. The topological polar surface area (TPSA) is 86.4 Å². The lowest BCUT2D eigenvalue weighted by Gasteiger charge is -2.26. The first-order chi connectivity index (χ1) is 16.1. The van der Waals surface area contributed by atoms with Crippen molar-refractivity contribution < 1.29 is 22.7 Å². The van der Waals surface area contributed by atoms with Crippen LogP contribution >= 0.6 is 11.6 Å². The third-order valence-electron chi connectivity index (χ3n) is 5.25. The molecule has 178 valence electrons. The van der Waals surface area contributed by atoms with E-state index in [0.29, 0.717) is 18.2 Å². The van der Waals surface area contributed by atoms with E-state index in [4.69, 9.17) is 16.3 Å². The molecule has 1 fully saturated rings. The van der Waals surface area contributed by atoms with Gasteiger partial charge in [-0.1, -0.05) is 23.7 Å². The van der Waals surface area contributed by atoms with Crippen LogP contribution in [0.3, 0.4) is 0 Å². The van der Waals surface area contributed by atoms with E-state index in [1.807, 2.05) is 0 Å². The van der Waals surface area contributed by atoms with Gasteiger partial charge in [-0.2, -0.15) is 23.0 Å². The van der Waals surface area contributed by atoms with Crippen LogP contribution in [0.2, 0.25) is 5.02 Å². The van der Waals surface area contributed by atoms with Gasteiger partial charge in [0.15, 0.2) is 0 Å². The zero-order chi connectivity index (χ0) is 24.5. The summed E-state index contributed by atoms with van der Waals surface area (Å²) >= 11 is 5.92. The highest BCUT2D eigenvalue weighted by Gasteiger charge is 2.30. The molecule has 1 amide bonds. The van der Waals surface area contributed by atoms with E-state index in [0.717, 1.165) is 21.4 Å². The van der Waals surface area contributed by atoms with Crippen molar-refractivity contribution in [3.05, 3.63) is 91.2 Å². The van der Waals surface area contributed by atoms with Gasteiger partial charge in [0.05, 0.1) is 31.0 Å². The van der Waals surface area contributed by atoms with E-state index < -0.39 is 34.6 Å². The van der Waals surface area contributed by atoms with Crippen molar-refractivity contribution in [1.29, 1.82) is 0 Å². The van der Waals surface area contributed by atoms with Gasteiger partial charge in [0.25, 0.3) is 11.5 Å². The van der Waals surface area contributed by atoms with Crippen molar-refractivity contribution >= 4 is 17.5 Å². The maximum atomic E-state index is 13.2. The van der Waals surface area contributed by atoms with Gasteiger partial charge >= 0.3 is 11.9 Å². The van der Waals surface area contributed by atoms with E-state index in [-0.39, 0.29) is 30.9 Å². The molecule has 0 N–H and O–H groups in total. The van der Waals surface area contributed by atoms with Crippen LogP contribution in [-0.2, 0) is 17.5 Å². The number of benzene rings is 2. The molecule has 0 spiro atoms. The number of hydrogen-bond donors (Lipinski definition) is 0. The Bertz CT molecular complexity index is 1310. The Morgan fingerprint density at radius 2 is 1.62 bits per heavy atom. The molecular formula is C22H18ClF3N4O4. The summed E-state index contributed by atoms with van der Waals surface area (Å²) in [5.41, 5.74) is -2.61. The lowest BCUT2D eigenvalue weighted by atomic mass is 10.1. The van der Waals surface area contributed by atoms with Gasteiger partial charge in [-0.15, -0.1) is 0 Å². The summed E-state index contributed by atoms with van der Waals surface area (Å²) in [4.78, 5) is 40.8. The molecule has 0 saturated carbocycles. The number of nitrogens with zero attached hydrogens (tertiary/aromatic N) is 4. The van der Waals surface area contributed by atoms with E-state index in [2.05, 4.69) is 5.10 Å². The molecule has 1 saturated heterocycles. The predicted octanol–water partition coefficient (Wildman–Crippen LogP) is 2.59. The van der Waals surface area contributed by atoms with E-state index in [1.165, 1.54) is 41.3 Å². The summed E-state index contributed by atoms with van der Waals surface area (Å²) in [5.74, 6) is -0.669. The number of amides is 1. The normalized spacial score (nSPS) is 14.3. The number of rotatable bonds is 4. The number of alkyl halides is 3. The van der Waals surface area contributed by atoms with Crippen molar-refractivity contribution in [3.8, 4) is 5.69 Å². The third kappa shape index (κ3) is 4.90. The number of carbonyl (C=O) groups excluding carboxylic acids is 1. The molecule has 8 nitrogen and oxygen atoms in total. The number of halogens is 4. The summed E-state index contributed by atoms with van der Waals surface area (Å²) in [6, 6.07) is 10.1. The molecule has 0 bridgehead atoms. The molecule has 2 heterocycles. The fraction of sp³-hybridized carbons (Fsp3) is 0.273. The standard InChI is InChI=1S/C22H18ClF3N4O4/c23-16-5-7-17(8-6-16)30-21(33)29(13-14-1-3-15(4-2-14)22(24,25)26)20(32)18(27-30)19(31)28-9-11-34-12-10-28/h1-8H,9-13H2. The Kier molecular flexibility index (Phi) is 6.58. The largest absolute Gasteiger partial charge is 0.416 e. The molecule has 1 aromatic heterocycles. The van der Waals surface area contributed by atoms with Gasteiger partial charge < -0.3 is 9.64 Å². The summed E-state index contributed by atoms with van der Waals surface area (Å²) in [6.07, 6.45) is -4.52.